The maximum Gasteiger partial charge on any atom is 0.197 e. The third-order valence-electron chi connectivity index (χ3n) is 4.14. The zero-order chi connectivity index (χ0) is 17.6. The summed E-state index contributed by atoms with van der Waals surface area (Å²) in [4.78, 5) is 6.90. The van der Waals surface area contributed by atoms with E-state index in [-0.39, 0.29) is 6.04 Å². The highest BCUT2D eigenvalue weighted by molar-refractivity contribution is 5.76. The number of nitrogens with two attached hydrogens (primary N) is 1. The summed E-state index contributed by atoms with van der Waals surface area (Å²) in [6.07, 6.45) is 1.55. The molecule has 3 aromatic rings. The van der Waals surface area contributed by atoms with E-state index in [2.05, 4.69) is 31.1 Å². The van der Waals surface area contributed by atoms with E-state index < -0.39 is 0 Å². The van der Waals surface area contributed by atoms with Gasteiger partial charge in [-0.3, -0.25) is 0 Å². The Bertz CT molecular complexity index is 724. The van der Waals surface area contributed by atoms with Gasteiger partial charge < -0.3 is 15.1 Å². The van der Waals surface area contributed by atoms with Crippen molar-refractivity contribution in [3.63, 3.8) is 0 Å². The molecule has 0 radical (unpaired) electrons. The van der Waals surface area contributed by atoms with Crippen LogP contribution < -0.4 is 5.73 Å². The van der Waals surface area contributed by atoms with Crippen LogP contribution in [-0.2, 0) is 6.42 Å². The van der Waals surface area contributed by atoms with Crippen LogP contribution in [-0.4, -0.2) is 36.6 Å². The highest BCUT2D eigenvalue weighted by atomic mass is 16.4. The molecule has 2 aromatic carbocycles. The van der Waals surface area contributed by atoms with Crippen LogP contribution in [0.25, 0.3) is 22.6 Å². The van der Waals surface area contributed by atoms with Crippen molar-refractivity contribution in [2.45, 2.75) is 18.9 Å². The molecule has 0 saturated carbocycles. The summed E-state index contributed by atoms with van der Waals surface area (Å²) in [7, 11) is 4.11. The number of aromatic nitrogens is 1. The summed E-state index contributed by atoms with van der Waals surface area (Å²) < 4.78 is 6.13. The van der Waals surface area contributed by atoms with Gasteiger partial charge >= 0.3 is 0 Å². The van der Waals surface area contributed by atoms with Gasteiger partial charge in [0.25, 0.3) is 0 Å². The van der Waals surface area contributed by atoms with Gasteiger partial charge in [0.05, 0.1) is 0 Å². The fourth-order valence-corrected chi connectivity index (χ4v) is 2.78. The molecule has 0 aliphatic rings. The molecule has 0 fully saturated rings. The van der Waals surface area contributed by atoms with Crippen molar-refractivity contribution in [1.29, 1.82) is 0 Å². The number of oxazole rings is 1. The standard InChI is InChI=1S/C21H25N3O/c1-24(2)14-13-18(22)15-19-23-20(16-9-5-3-6-10-16)21(25-19)17-11-7-4-8-12-17/h3-12,18H,13-15,22H2,1-2H3. The minimum atomic E-state index is 0.0355. The molecule has 130 valence electrons. The van der Waals surface area contributed by atoms with Crippen LogP contribution in [0.4, 0.5) is 0 Å². The van der Waals surface area contributed by atoms with Crippen LogP contribution in [0.5, 0.6) is 0 Å². The summed E-state index contributed by atoms with van der Waals surface area (Å²) in [5.41, 5.74) is 9.22. The molecule has 0 aliphatic heterocycles. The Labute approximate surface area is 149 Å². The van der Waals surface area contributed by atoms with Crippen molar-refractivity contribution in [1.82, 2.24) is 9.88 Å². The summed E-state index contributed by atoms with van der Waals surface area (Å²) >= 11 is 0. The predicted molar refractivity (Wildman–Crippen MR) is 102 cm³/mol. The first-order valence-corrected chi connectivity index (χ1v) is 8.64. The molecule has 0 bridgehead atoms. The molecule has 1 atom stereocenters. The van der Waals surface area contributed by atoms with Crippen LogP contribution >= 0.6 is 0 Å². The number of rotatable bonds is 7. The normalized spacial score (nSPS) is 12.5. The summed E-state index contributed by atoms with van der Waals surface area (Å²) in [5, 5.41) is 0. The van der Waals surface area contributed by atoms with Crippen LogP contribution in [0.15, 0.2) is 65.1 Å². The molecule has 4 heteroatoms. The molecule has 2 N–H and O–H groups in total. The Balaban J connectivity index is 1.90. The van der Waals surface area contributed by atoms with Gasteiger partial charge in [0.1, 0.15) is 5.69 Å². The smallest absolute Gasteiger partial charge is 0.197 e. The second kappa shape index (κ2) is 8.10. The van der Waals surface area contributed by atoms with Crippen molar-refractivity contribution in [3.05, 3.63) is 66.6 Å². The van der Waals surface area contributed by atoms with E-state index in [0.717, 1.165) is 35.5 Å². The molecule has 1 aromatic heterocycles. The van der Waals surface area contributed by atoms with Gasteiger partial charge in [-0.15, -0.1) is 0 Å². The predicted octanol–water partition coefficient (Wildman–Crippen LogP) is 3.83. The fourth-order valence-electron chi connectivity index (χ4n) is 2.78. The van der Waals surface area contributed by atoms with Crippen molar-refractivity contribution < 1.29 is 4.42 Å². The van der Waals surface area contributed by atoms with E-state index in [0.29, 0.717) is 12.3 Å². The first-order valence-electron chi connectivity index (χ1n) is 8.64. The summed E-state index contributed by atoms with van der Waals surface area (Å²) in [6, 6.07) is 20.3. The lowest BCUT2D eigenvalue weighted by molar-refractivity contribution is 0.370. The maximum absolute atomic E-state index is 6.26. The minimum Gasteiger partial charge on any atom is -0.440 e. The second-order valence-electron chi connectivity index (χ2n) is 6.57. The fraction of sp³-hybridized carbons (Fsp3) is 0.286. The quantitative estimate of drug-likeness (QED) is 0.713. The van der Waals surface area contributed by atoms with E-state index in [4.69, 9.17) is 15.1 Å². The largest absolute Gasteiger partial charge is 0.440 e. The second-order valence-corrected chi connectivity index (χ2v) is 6.57. The monoisotopic (exact) mass is 335 g/mol. The average molecular weight is 335 g/mol. The molecule has 0 spiro atoms. The Morgan fingerprint density at radius 1 is 0.960 bits per heavy atom. The summed E-state index contributed by atoms with van der Waals surface area (Å²) in [6.45, 7) is 0.957. The van der Waals surface area contributed by atoms with Crippen molar-refractivity contribution in [2.75, 3.05) is 20.6 Å². The molecule has 4 nitrogen and oxygen atoms in total. The zero-order valence-corrected chi connectivity index (χ0v) is 14.9. The zero-order valence-electron chi connectivity index (χ0n) is 14.9. The van der Waals surface area contributed by atoms with E-state index in [9.17, 15) is 0 Å². The molecule has 25 heavy (non-hydrogen) atoms. The molecule has 0 aliphatic carbocycles. The molecular formula is C21H25N3O. The lowest BCUT2D eigenvalue weighted by atomic mass is 10.1. The Kier molecular flexibility index (Phi) is 5.64. The van der Waals surface area contributed by atoms with Gasteiger partial charge in [0, 0.05) is 23.6 Å². The van der Waals surface area contributed by atoms with E-state index in [1.165, 1.54) is 0 Å². The molecular weight excluding hydrogens is 310 g/mol. The third kappa shape index (κ3) is 4.56. The van der Waals surface area contributed by atoms with Crippen LogP contribution in [0.3, 0.4) is 0 Å². The molecule has 3 rings (SSSR count). The SMILES string of the molecule is CN(C)CCC(N)Cc1nc(-c2ccccc2)c(-c2ccccc2)o1. The molecule has 0 amide bonds. The maximum atomic E-state index is 6.26. The summed E-state index contributed by atoms with van der Waals surface area (Å²) in [5.74, 6) is 1.51. The van der Waals surface area contributed by atoms with Gasteiger partial charge in [-0.05, 0) is 27.1 Å². The highest BCUT2D eigenvalue weighted by Gasteiger charge is 2.18. The number of benzene rings is 2. The molecule has 1 unspecified atom stereocenters. The molecule has 1 heterocycles. The lowest BCUT2D eigenvalue weighted by Gasteiger charge is -2.13. The van der Waals surface area contributed by atoms with Gasteiger partial charge in [-0.25, -0.2) is 4.98 Å². The van der Waals surface area contributed by atoms with Gasteiger partial charge in [-0.2, -0.15) is 0 Å². The lowest BCUT2D eigenvalue weighted by Crippen LogP contribution is -2.28. The number of nitrogens with zero attached hydrogens (tertiary/aromatic N) is 2. The Morgan fingerprint density at radius 3 is 2.16 bits per heavy atom. The topological polar surface area (TPSA) is 55.3 Å². The third-order valence-corrected chi connectivity index (χ3v) is 4.14. The average Bonchev–Trinajstić information content (AvgIpc) is 3.05. The Hall–Kier alpha value is -2.43. The van der Waals surface area contributed by atoms with Crippen molar-refractivity contribution >= 4 is 0 Å². The van der Waals surface area contributed by atoms with Crippen LogP contribution in [0.1, 0.15) is 12.3 Å². The van der Waals surface area contributed by atoms with Crippen LogP contribution in [0, 0.1) is 0 Å². The minimum absolute atomic E-state index is 0.0355. The highest BCUT2D eigenvalue weighted by Crippen LogP contribution is 2.32. The van der Waals surface area contributed by atoms with Crippen LogP contribution in [0.2, 0.25) is 0 Å². The van der Waals surface area contributed by atoms with Crippen molar-refractivity contribution in [2.24, 2.45) is 5.73 Å². The van der Waals surface area contributed by atoms with Gasteiger partial charge in [0.15, 0.2) is 11.7 Å². The number of hydrogen-bond donors (Lipinski definition) is 1. The van der Waals surface area contributed by atoms with E-state index in [1.54, 1.807) is 0 Å². The van der Waals surface area contributed by atoms with Gasteiger partial charge in [0.2, 0.25) is 0 Å². The van der Waals surface area contributed by atoms with E-state index in [1.807, 2.05) is 48.5 Å². The number of hydrogen-bond acceptors (Lipinski definition) is 4. The van der Waals surface area contributed by atoms with E-state index >= 15 is 0 Å². The first kappa shape index (κ1) is 17.4. The Morgan fingerprint density at radius 2 is 1.56 bits per heavy atom. The van der Waals surface area contributed by atoms with Gasteiger partial charge in [-0.1, -0.05) is 60.7 Å². The first-order chi connectivity index (χ1) is 12.1. The molecule has 0 saturated heterocycles. The van der Waals surface area contributed by atoms with Crippen molar-refractivity contribution in [3.8, 4) is 22.6 Å².